The van der Waals surface area contributed by atoms with Crippen molar-refractivity contribution < 1.29 is 4.79 Å². The van der Waals surface area contributed by atoms with Gasteiger partial charge < -0.3 is 10.2 Å². The Bertz CT molecular complexity index is 359. The molecule has 0 saturated carbocycles. The fourth-order valence-corrected chi connectivity index (χ4v) is 3.33. The molecule has 0 radical (unpaired) electrons. The number of amides is 1. The maximum atomic E-state index is 11.6. The first kappa shape index (κ1) is 14.2. The van der Waals surface area contributed by atoms with E-state index < -0.39 is 0 Å². The molecular formula is C10H14Br2N2OS. The molecule has 3 nitrogen and oxygen atoms in total. The second-order valence-electron chi connectivity index (χ2n) is 3.67. The molecule has 1 heterocycles. The summed E-state index contributed by atoms with van der Waals surface area (Å²) < 4.78 is 2.14. The minimum absolute atomic E-state index is 0.0923. The number of nitrogens with one attached hydrogen (secondary N) is 1. The van der Waals surface area contributed by atoms with E-state index >= 15 is 0 Å². The molecule has 0 aromatic carbocycles. The van der Waals surface area contributed by atoms with Gasteiger partial charge in [-0.25, -0.2) is 0 Å². The van der Waals surface area contributed by atoms with Crippen molar-refractivity contribution in [3.63, 3.8) is 0 Å². The highest BCUT2D eigenvalue weighted by atomic mass is 79.9. The maximum Gasteiger partial charge on any atom is 0.238 e. The van der Waals surface area contributed by atoms with Crippen LogP contribution in [0, 0.1) is 0 Å². The van der Waals surface area contributed by atoms with E-state index in [0.29, 0.717) is 6.54 Å². The summed E-state index contributed by atoms with van der Waals surface area (Å²) in [5, 5.41) is 3.20. The first-order valence-electron chi connectivity index (χ1n) is 4.80. The second kappa shape index (κ2) is 6.14. The van der Waals surface area contributed by atoms with E-state index in [1.807, 2.05) is 6.92 Å². The molecule has 0 fully saturated rings. The number of rotatable bonds is 4. The molecule has 16 heavy (non-hydrogen) atoms. The Morgan fingerprint density at radius 2 is 2.19 bits per heavy atom. The highest BCUT2D eigenvalue weighted by Gasteiger charge is 2.14. The molecule has 0 spiro atoms. The SMILES string of the molecule is CC(NCc1cc(Br)c(Br)s1)C(=O)N(C)C. The fraction of sp³-hybridized carbons (Fsp3) is 0.500. The lowest BCUT2D eigenvalue weighted by molar-refractivity contribution is -0.130. The van der Waals surface area contributed by atoms with Crippen LogP contribution in [0.3, 0.4) is 0 Å². The lowest BCUT2D eigenvalue weighted by Crippen LogP contribution is -2.40. The van der Waals surface area contributed by atoms with Crippen LogP contribution in [-0.4, -0.2) is 30.9 Å². The first-order valence-corrected chi connectivity index (χ1v) is 7.20. The van der Waals surface area contributed by atoms with E-state index in [9.17, 15) is 4.79 Å². The average molecular weight is 370 g/mol. The van der Waals surface area contributed by atoms with Gasteiger partial charge in [-0.2, -0.15) is 0 Å². The smallest absolute Gasteiger partial charge is 0.238 e. The summed E-state index contributed by atoms with van der Waals surface area (Å²) in [4.78, 5) is 14.4. The highest BCUT2D eigenvalue weighted by Crippen LogP contribution is 2.32. The van der Waals surface area contributed by atoms with Crippen LogP contribution in [0.1, 0.15) is 11.8 Å². The predicted molar refractivity (Wildman–Crippen MR) is 74.7 cm³/mol. The quantitative estimate of drug-likeness (QED) is 0.884. The Morgan fingerprint density at radius 1 is 1.56 bits per heavy atom. The molecule has 6 heteroatoms. The molecule has 1 aromatic heterocycles. The average Bonchev–Trinajstić information content (AvgIpc) is 2.53. The normalized spacial score (nSPS) is 12.6. The van der Waals surface area contributed by atoms with Crippen molar-refractivity contribution in [1.82, 2.24) is 10.2 Å². The van der Waals surface area contributed by atoms with Crippen LogP contribution in [-0.2, 0) is 11.3 Å². The minimum Gasteiger partial charge on any atom is -0.347 e. The third-order valence-corrected chi connectivity index (χ3v) is 5.35. The van der Waals surface area contributed by atoms with Crippen LogP contribution >= 0.6 is 43.2 Å². The third-order valence-electron chi connectivity index (χ3n) is 2.09. The van der Waals surface area contributed by atoms with Crippen molar-refractivity contribution in [1.29, 1.82) is 0 Å². The highest BCUT2D eigenvalue weighted by molar-refractivity contribution is 9.13. The van der Waals surface area contributed by atoms with Crippen molar-refractivity contribution in [2.75, 3.05) is 14.1 Å². The summed E-state index contributed by atoms with van der Waals surface area (Å²) >= 11 is 8.54. The number of hydrogen-bond acceptors (Lipinski definition) is 3. The molecule has 0 saturated heterocycles. The van der Waals surface area contributed by atoms with Gasteiger partial charge in [-0.05, 0) is 44.8 Å². The number of nitrogens with zero attached hydrogens (tertiary/aromatic N) is 1. The van der Waals surface area contributed by atoms with Crippen molar-refractivity contribution in [2.45, 2.75) is 19.5 Å². The standard InChI is InChI=1S/C10H14Br2N2OS/c1-6(10(15)14(2)3)13-5-7-4-8(11)9(12)16-7/h4,6,13H,5H2,1-3H3. The van der Waals surface area contributed by atoms with Crippen molar-refractivity contribution in [3.05, 3.63) is 19.2 Å². The number of carbonyl (C=O) groups excluding carboxylic acids is 1. The van der Waals surface area contributed by atoms with Crippen molar-refractivity contribution >= 4 is 49.1 Å². The number of likely N-dealkylation sites (N-methyl/N-ethyl adjacent to an activating group) is 1. The molecular weight excluding hydrogens is 356 g/mol. The Balaban J connectivity index is 2.48. The molecule has 0 aliphatic rings. The van der Waals surface area contributed by atoms with Gasteiger partial charge in [0.1, 0.15) is 0 Å². The Hall–Kier alpha value is 0.0900. The van der Waals surface area contributed by atoms with E-state index in [-0.39, 0.29) is 11.9 Å². The summed E-state index contributed by atoms with van der Waals surface area (Å²) in [6.07, 6.45) is 0. The van der Waals surface area contributed by atoms with Gasteiger partial charge in [0.15, 0.2) is 0 Å². The Labute approximate surface area is 116 Å². The molecule has 90 valence electrons. The van der Waals surface area contributed by atoms with Crippen LogP contribution in [0.15, 0.2) is 14.3 Å². The largest absolute Gasteiger partial charge is 0.347 e. The molecule has 1 N–H and O–H groups in total. The van der Waals surface area contributed by atoms with E-state index in [1.165, 1.54) is 4.88 Å². The van der Waals surface area contributed by atoms with Gasteiger partial charge in [-0.1, -0.05) is 0 Å². The Kier molecular flexibility index (Phi) is 5.43. The molecule has 1 aromatic rings. The van der Waals surface area contributed by atoms with E-state index in [0.717, 1.165) is 8.26 Å². The van der Waals surface area contributed by atoms with Gasteiger partial charge in [0, 0.05) is 30.0 Å². The Morgan fingerprint density at radius 3 is 2.62 bits per heavy atom. The van der Waals surface area contributed by atoms with Gasteiger partial charge >= 0.3 is 0 Å². The summed E-state index contributed by atoms with van der Waals surface area (Å²) in [5.41, 5.74) is 0. The number of halogens is 2. The van der Waals surface area contributed by atoms with Gasteiger partial charge in [0.05, 0.1) is 9.83 Å². The van der Waals surface area contributed by atoms with Gasteiger partial charge in [-0.15, -0.1) is 11.3 Å². The number of carbonyl (C=O) groups is 1. The lowest BCUT2D eigenvalue weighted by atomic mass is 10.3. The maximum absolute atomic E-state index is 11.6. The summed E-state index contributed by atoms with van der Waals surface area (Å²) in [7, 11) is 3.53. The van der Waals surface area contributed by atoms with Gasteiger partial charge in [0.25, 0.3) is 0 Å². The van der Waals surface area contributed by atoms with E-state index in [4.69, 9.17) is 0 Å². The summed E-state index contributed by atoms with van der Waals surface area (Å²) in [6, 6.07) is 1.89. The van der Waals surface area contributed by atoms with Crippen LogP contribution < -0.4 is 5.32 Å². The predicted octanol–water partition coefficient (Wildman–Crippen LogP) is 2.84. The zero-order valence-electron chi connectivity index (χ0n) is 9.38. The van der Waals surface area contributed by atoms with Gasteiger partial charge in [-0.3, -0.25) is 4.79 Å². The van der Waals surface area contributed by atoms with Crippen molar-refractivity contribution in [3.8, 4) is 0 Å². The third kappa shape index (κ3) is 3.84. The van der Waals surface area contributed by atoms with Gasteiger partial charge in [0.2, 0.25) is 5.91 Å². The summed E-state index contributed by atoms with van der Waals surface area (Å²) in [5.74, 6) is 0.0923. The molecule has 0 aliphatic carbocycles. The zero-order chi connectivity index (χ0) is 12.3. The minimum atomic E-state index is -0.158. The molecule has 1 amide bonds. The second-order valence-corrected chi connectivity index (χ2v) is 6.98. The van der Waals surface area contributed by atoms with E-state index in [1.54, 1.807) is 30.3 Å². The molecule has 0 bridgehead atoms. The number of thiophene rings is 1. The topological polar surface area (TPSA) is 32.3 Å². The van der Waals surface area contributed by atoms with Crippen molar-refractivity contribution in [2.24, 2.45) is 0 Å². The zero-order valence-corrected chi connectivity index (χ0v) is 13.4. The molecule has 0 aliphatic heterocycles. The molecule has 1 unspecified atom stereocenters. The monoisotopic (exact) mass is 368 g/mol. The van der Waals surface area contributed by atoms with Crippen LogP contribution in [0.25, 0.3) is 0 Å². The first-order chi connectivity index (χ1) is 7.41. The fourth-order valence-electron chi connectivity index (χ4n) is 1.21. The summed E-state index contributed by atoms with van der Waals surface area (Å²) in [6.45, 7) is 2.58. The van der Waals surface area contributed by atoms with Crippen LogP contribution in [0.5, 0.6) is 0 Å². The van der Waals surface area contributed by atoms with Crippen LogP contribution in [0.4, 0.5) is 0 Å². The lowest BCUT2D eigenvalue weighted by Gasteiger charge is -2.17. The molecule has 1 atom stereocenters. The molecule has 1 rings (SSSR count). The van der Waals surface area contributed by atoms with Crippen LogP contribution in [0.2, 0.25) is 0 Å². The van der Waals surface area contributed by atoms with E-state index in [2.05, 4.69) is 43.2 Å². The number of hydrogen-bond donors (Lipinski definition) is 1.